The Morgan fingerprint density at radius 3 is 2.43 bits per heavy atom. The predicted octanol–water partition coefficient (Wildman–Crippen LogP) is 6.70. The molecule has 0 saturated heterocycles. The van der Waals surface area contributed by atoms with E-state index in [-0.39, 0.29) is 11.7 Å². The van der Waals surface area contributed by atoms with E-state index in [0.29, 0.717) is 40.7 Å². The summed E-state index contributed by atoms with van der Waals surface area (Å²) in [5.74, 6) is 1.09. The lowest BCUT2D eigenvalue weighted by Gasteiger charge is -2.12. The predicted molar refractivity (Wildman–Crippen MR) is 135 cm³/mol. The highest BCUT2D eigenvalue weighted by molar-refractivity contribution is 6.05. The van der Waals surface area contributed by atoms with Gasteiger partial charge in [0.15, 0.2) is 11.5 Å². The molecule has 0 atom stereocenters. The van der Waals surface area contributed by atoms with Crippen LogP contribution in [0, 0.1) is 5.82 Å². The molecule has 0 spiro atoms. The van der Waals surface area contributed by atoms with E-state index in [4.69, 9.17) is 18.6 Å². The molecule has 1 N–H and O–H groups in total. The Labute approximate surface area is 202 Å². The molecule has 0 fully saturated rings. The number of rotatable bonds is 8. The summed E-state index contributed by atoms with van der Waals surface area (Å²) in [6, 6.07) is 15.1. The summed E-state index contributed by atoms with van der Waals surface area (Å²) in [6.07, 6.45) is 3.15. The second-order valence-electron chi connectivity index (χ2n) is 7.82. The van der Waals surface area contributed by atoms with Gasteiger partial charge in [-0.25, -0.2) is 4.39 Å². The first-order valence-electron chi connectivity index (χ1n) is 11.1. The first-order chi connectivity index (χ1) is 16.9. The van der Waals surface area contributed by atoms with Crippen molar-refractivity contribution in [3.8, 4) is 28.4 Å². The molecule has 0 aliphatic rings. The Balaban J connectivity index is 1.68. The molecule has 4 aromatic rings. The fraction of sp³-hybridized carbons (Fsp3) is 0.179. The van der Waals surface area contributed by atoms with E-state index in [1.54, 1.807) is 43.7 Å². The minimum Gasteiger partial charge on any atom is -0.493 e. The third-order valence-corrected chi connectivity index (χ3v) is 5.55. The van der Waals surface area contributed by atoms with Gasteiger partial charge in [0.05, 0.1) is 27.1 Å². The number of allylic oxidation sites excluding steroid dienone is 1. The minimum absolute atomic E-state index is 0.303. The highest BCUT2D eigenvalue weighted by Crippen LogP contribution is 2.37. The van der Waals surface area contributed by atoms with Gasteiger partial charge in [-0.15, -0.1) is 0 Å². The monoisotopic (exact) mass is 475 g/mol. The molecule has 1 aromatic heterocycles. The third-order valence-electron chi connectivity index (χ3n) is 5.55. The standard InChI is InChI=1S/C28H26FNO5/c1-5-34-25-15-26-22(23(16-35-26)18-6-8-19(29)9-7-18)14-21(25)17(2)12-28(31)30-20-10-11-24(32-3)27(13-20)33-4/h6-16H,5H2,1-4H3,(H,30,31)/b17-12+. The van der Waals surface area contributed by atoms with Gasteiger partial charge in [0.2, 0.25) is 5.91 Å². The Morgan fingerprint density at radius 1 is 1.00 bits per heavy atom. The summed E-state index contributed by atoms with van der Waals surface area (Å²) >= 11 is 0. The number of carbonyl (C=O) groups is 1. The SMILES string of the molecule is CCOc1cc2occ(-c3ccc(F)cc3)c2cc1/C(C)=C/C(=O)Nc1ccc(OC)c(OC)c1. The van der Waals surface area contributed by atoms with Gasteiger partial charge in [-0.3, -0.25) is 4.79 Å². The van der Waals surface area contributed by atoms with Crippen molar-refractivity contribution in [3.05, 3.63) is 78.3 Å². The summed E-state index contributed by atoms with van der Waals surface area (Å²) in [5.41, 5.74) is 4.33. The number of fused-ring (bicyclic) bond motifs is 1. The van der Waals surface area contributed by atoms with E-state index in [1.807, 2.05) is 26.0 Å². The fourth-order valence-corrected chi connectivity index (χ4v) is 3.86. The lowest BCUT2D eigenvalue weighted by molar-refractivity contribution is -0.111. The summed E-state index contributed by atoms with van der Waals surface area (Å²) in [5, 5.41) is 3.69. The second-order valence-corrected chi connectivity index (χ2v) is 7.82. The third kappa shape index (κ3) is 5.14. The highest BCUT2D eigenvalue weighted by atomic mass is 19.1. The van der Waals surface area contributed by atoms with E-state index >= 15 is 0 Å². The van der Waals surface area contributed by atoms with Gasteiger partial charge in [-0.2, -0.15) is 0 Å². The molecule has 0 saturated carbocycles. The van der Waals surface area contributed by atoms with Crippen molar-refractivity contribution in [2.75, 3.05) is 26.1 Å². The fourth-order valence-electron chi connectivity index (χ4n) is 3.86. The van der Waals surface area contributed by atoms with Crippen molar-refractivity contribution < 1.29 is 27.8 Å². The molecule has 35 heavy (non-hydrogen) atoms. The number of furan rings is 1. The zero-order valence-electron chi connectivity index (χ0n) is 20.0. The number of amides is 1. The molecule has 0 aliphatic carbocycles. The van der Waals surface area contributed by atoms with Gasteiger partial charge in [-0.1, -0.05) is 12.1 Å². The normalized spacial score (nSPS) is 11.4. The minimum atomic E-state index is -0.305. The van der Waals surface area contributed by atoms with Crippen molar-refractivity contribution >= 4 is 28.1 Å². The van der Waals surface area contributed by atoms with Gasteiger partial charge in [-0.05, 0) is 55.3 Å². The molecular formula is C28H26FNO5. The van der Waals surface area contributed by atoms with Crippen molar-refractivity contribution in [1.82, 2.24) is 0 Å². The molecule has 0 bridgehead atoms. The van der Waals surface area contributed by atoms with Gasteiger partial charge in [0, 0.05) is 40.4 Å². The van der Waals surface area contributed by atoms with Crippen LogP contribution in [0.25, 0.3) is 27.7 Å². The number of anilines is 1. The highest BCUT2D eigenvalue weighted by Gasteiger charge is 2.16. The quantitative estimate of drug-likeness (QED) is 0.287. The van der Waals surface area contributed by atoms with E-state index in [1.165, 1.54) is 25.3 Å². The van der Waals surface area contributed by atoms with E-state index < -0.39 is 0 Å². The lowest BCUT2D eigenvalue weighted by atomic mass is 9.99. The summed E-state index contributed by atoms with van der Waals surface area (Å²) in [7, 11) is 3.09. The molecular weight excluding hydrogens is 449 g/mol. The van der Waals surface area contributed by atoms with Crippen LogP contribution >= 0.6 is 0 Å². The largest absolute Gasteiger partial charge is 0.493 e. The van der Waals surface area contributed by atoms with Gasteiger partial charge >= 0.3 is 0 Å². The molecule has 7 heteroatoms. The van der Waals surface area contributed by atoms with Crippen LogP contribution in [0.15, 0.2) is 71.4 Å². The van der Waals surface area contributed by atoms with Crippen LogP contribution in [-0.4, -0.2) is 26.7 Å². The van der Waals surface area contributed by atoms with Gasteiger partial charge in [0.25, 0.3) is 0 Å². The number of nitrogens with one attached hydrogen (secondary N) is 1. The van der Waals surface area contributed by atoms with Crippen LogP contribution < -0.4 is 19.5 Å². The van der Waals surface area contributed by atoms with Crippen LogP contribution in [-0.2, 0) is 4.79 Å². The molecule has 1 heterocycles. The Bertz CT molecular complexity index is 1390. The second kappa shape index (κ2) is 10.3. The van der Waals surface area contributed by atoms with Crippen LogP contribution in [0.5, 0.6) is 17.2 Å². The average Bonchev–Trinajstić information content (AvgIpc) is 3.26. The van der Waals surface area contributed by atoms with Gasteiger partial charge in [0.1, 0.15) is 17.1 Å². The number of hydrogen-bond donors (Lipinski definition) is 1. The van der Waals surface area contributed by atoms with Gasteiger partial charge < -0.3 is 23.9 Å². The molecule has 1 amide bonds. The number of benzene rings is 3. The van der Waals surface area contributed by atoms with E-state index in [2.05, 4.69) is 5.32 Å². The van der Waals surface area contributed by atoms with Crippen LogP contribution in [0.3, 0.4) is 0 Å². The smallest absolute Gasteiger partial charge is 0.248 e. The maximum atomic E-state index is 13.4. The number of hydrogen-bond acceptors (Lipinski definition) is 5. The molecule has 180 valence electrons. The first-order valence-corrected chi connectivity index (χ1v) is 11.1. The Kier molecular flexibility index (Phi) is 7.06. The topological polar surface area (TPSA) is 69.9 Å². The van der Waals surface area contributed by atoms with Crippen molar-refractivity contribution in [2.45, 2.75) is 13.8 Å². The number of methoxy groups -OCH3 is 2. The molecule has 0 aliphatic heterocycles. The Morgan fingerprint density at radius 2 is 1.74 bits per heavy atom. The van der Waals surface area contributed by atoms with E-state index in [9.17, 15) is 9.18 Å². The number of carbonyl (C=O) groups excluding carboxylic acids is 1. The summed E-state index contributed by atoms with van der Waals surface area (Å²) in [6.45, 7) is 4.19. The van der Waals surface area contributed by atoms with Crippen LogP contribution in [0.4, 0.5) is 10.1 Å². The molecule has 0 radical (unpaired) electrons. The maximum Gasteiger partial charge on any atom is 0.248 e. The lowest BCUT2D eigenvalue weighted by Crippen LogP contribution is -2.09. The average molecular weight is 476 g/mol. The zero-order valence-corrected chi connectivity index (χ0v) is 20.0. The van der Waals surface area contributed by atoms with E-state index in [0.717, 1.165) is 22.1 Å². The molecule has 6 nitrogen and oxygen atoms in total. The first kappa shape index (κ1) is 23.9. The molecule has 0 unspecified atom stereocenters. The summed E-state index contributed by atoms with van der Waals surface area (Å²) < 4.78 is 35.6. The molecule has 3 aromatic carbocycles. The van der Waals surface area contributed by atoms with Crippen LogP contribution in [0.1, 0.15) is 19.4 Å². The number of ether oxygens (including phenoxy) is 3. The van der Waals surface area contributed by atoms with Crippen molar-refractivity contribution in [2.24, 2.45) is 0 Å². The van der Waals surface area contributed by atoms with Crippen molar-refractivity contribution in [3.63, 3.8) is 0 Å². The maximum absolute atomic E-state index is 13.4. The van der Waals surface area contributed by atoms with Crippen LogP contribution in [0.2, 0.25) is 0 Å². The van der Waals surface area contributed by atoms with Crippen molar-refractivity contribution in [1.29, 1.82) is 0 Å². The molecule has 4 rings (SSSR count). The summed E-state index contributed by atoms with van der Waals surface area (Å²) in [4.78, 5) is 12.8. The zero-order chi connectivity index (χ0) is 24.9. The number of halogens is 1. The Hall–Kier alpha value is -4.26.